The smallest absolute Gasteiger partial charge is 0.323 e. The van der Waals surface area contributed by atoms with Crippen molar-refractivity contribution in [2.45, 2.75) is 19.9 Å². The van der Waals surface area contributed by atoms with Crippen LogP contribution >= 0.6 is 0 Å². The molecule has 3 amide bonds. The maximum absolute atomic E-state index is 12.6. The first-order chi connectivity index (χ1) is 14.5. The molecule has 0 aliphatic carbocycles. The van der Waals surface area contributed by atoms with Crippen LogP contribution in [0, 0.1) is 5.92 Å². The second-order valence-electron chi connectivity index (χ2n) is 7.69. The Bertz CT molecular complexity index is 818. The predicted molar refractivity (Wildman–Crippen MR) is 119 cm³/mol. The van der Waals surface area contributed by atoms with Crippen LogP contribution in [0.3, 0.4) is 0 Å². The van der Waals surface area contributed by atoms with E-state index in [1.807, 2.05) is 30.3 Å². The fraction of sp³-hybridized carbons (Fsp3) is 0.391. The molecule has 0 radical (unpaired) electrons. The van der Waals surface area contributed by atoms with Gasteiger partial charge in [0.25, 0.3) is 5.91 Å². The summed E-state index contributed by atoms with van der Waals surface area (Å²) in [6.45, 7) is 8.21. The number of ether oxygens (including phenoxy) is 1. The first-order valence-corrected chi connectivity index (χ1v) is 10.4. The molecule has 1 heterocycles. The van der Waals surface area contributed by atoms with Gasteiger partial charge in [0.05, 0.1) is 13.2 Å². The van der Waals surface area contributed by atoms with Gasteiger partial charge in [0.2, 0.25) is 0 Å². The second-order valence-corrected chi connectivity index (χ2v) is 7.69. The van der Waals surface area contributed by atoms with E-state index in [2.05, 4.69) is 34.7 Å². The largest absolute Gasteiger partial charge is 0.379 e. The van der Waals surface area contributed by atoms with Crippen LogP contribution in [0.1, 0.15) is 24.2 Å². The monoisotopic (exact) mass is 410 g/mol. The number of hydrogen-bond acceptors (Lipinski definition) is 4. The van der Waals surface area contributed by atoms with Crippen molar-refractivity contribution in [3.63, 3.8) is 0 Å². The Morgan fingerprint density at radius 1 is 0.933 bits per heavy atom. The Morgan fingerprint density at radius 3 is 2.13 bits per heavy atom. The molecule has 0 aromatic heterocycles. The summed E-state index contributed by atoms with van der Waals surface area (Å²) < 4.78 is 5.43. The zero-order valence-electron chi connectivity index (χ0n) is 17.6. The van der Waals surface area contributed by atoms with Crippen LogP contribution in [0.15, 0.2) is 54.6 Å². The zero-order chi connectivity index (χ0) is 21.3. The van der Waals surface area contributed by atoms with Gasteiger partial charge >= 0.3 is 6.03 Å². The predicted octanol–water partition coefficient (Wildman–Crippen LogP) is 3.42. The highest BCUT2D eigenvalue weighted by Crippen LogP contribution is 2.14. The van der Waals surface area contributed by atoms with Gasteiger partial charge in [-0.15, -0.1) is 0 Å². The lowest BCUT2D eigenvalue weighted by Gasteiger charge is -2.36. The third kappa shape index (κ3) is 6.30. The molecule has 2 aromatic rings. The molecule has 30 heavy (non-hydrogen) atoms. The standard InChI is InChI=1S/C23H30N4O3/c1-17(2)21(27-12-14-30-15-13-27)16-24-22(28)18-8-10-20(11-9-18)26-23(29)25-19-6-4-3-5-7-19/h3-11,17,21H,12-16H2,1-2H3,(H,24,28)(H2,25,26,29). The first-order valence-electron chi connectivity index (χ1n) is 10.4. The van der Waals surface area contributed by atoms with Gasteiger partial charge in [0.15, 0.2) is 0 Å². The van der Waals surface area contributed by atoms with E-state index in [0.29, 0.717) is 29.4 Å². The molecule has 1 atom stereocenters. The van der Waals surface area contributed by atoms with E-state index in [1.165, 1.54) is 0 Å². The molecule has 0 saturated carbocycles. The number of morpholine rings is 1. The number of nitrogens with zero attached hydrogens (tertiary/aromatic N) is 1. The third-order valence-corrected chi connectivity index (χ3v) is 5.19. The molecule has 1 unspecified atom stereocenters. The molecule has 1 aliphatic heterocycles. The molecule has 3 N–H and O–H groups in total. The number of nitrogens with one attached hydrogen (secondary N) is 3. The van der Waals surface area contributed by atoms with Crippen molar-refractivity contribution in [3.8, 4) is 0 Å². The Kier molecular flexibility index (Phi) is 7.82. The molecular formula is C23H30N4O3. The molecule has 0 bridgehead atoms. The Balaban J connectivity index is 1.51. The minimum Gasteiger partial charge on any atom is -0.379 e. The van der Waals surface area contributed by atoms with Gasteiger partial charge in [-0.1, -0.05) is 32.0 Å². The molecule has 160 valence electrons. The van der Waals surface area contributed by atoms with E-state index >= 15 is 0 Å². The van der Waals surface area contributed by atoms with Crippen LogP contribution < -0.4 is 16.0 Å². The highest BCUT2D eigenvalue weighted by molar-refractivity contribution is 6.00. The van der Waals surface area contributed by atoms with Crippen LogP contribution in [-0.2, 0) is 4.74 Å². The highest BCUT2D eigenvalue weighted by atomic mass is 16.5. The maximum atomic E-state index is 12.6. The molecule has 7 nitrogen and oxygen atoms in total. The normalized spacial score (nSPS) is 15.4. The summed E-state index contributed by atoms with van der Waals surface area (Å²) in [5, 5.41) is 8.57. The van der Waals surface area contributed by atoms with E-state index in [-0.39, 0.29) is 18.0 Å². The van der Waals surface area contributed by atoms with Crippen molar-refractivity contribution in [2.24, 2.45) is 5.92 Å². The summed E-state index contributed by atoms with van der Waals surface area (Å²) in [6.07, 6.45) is 0. The van der Waals surface area contributed by atoms with Crippen LogP contribution in [0.4, 0.5) is 16.2 Å². The maximum Gasteiger partial charge on any atom is 0.323 e. The number of rotatable bonds is 7. The summed E-state index contributed by atoms with van der Waals surface area (Å²) in [5.74, 6) is 0.312. The Morgan fingerprint density at radius 2 is 1.53 bits per heavy atom. The topological polar surface area (TPSA) is 82.7 Å². The minimum absolute atomic E-state index is 0.116. The fourth-order valence-corrected chi connectivity index (χ4v) is 3.51. The van der Waals surface area contributed by atoms with Crippen LogP contribution in [0.25, 0.3) is 0 Å². The van der Waals surface area contributed by atoms with Gasteiger partial charge in [-0.2, -0.15) is 0 Å². The van der Waals surface area contributed by atoms with E-state index in [1.54, 1.807) is 24.3 Å². The number of carbonyl (C=O) groups is 2. The highest BCUT2D eigenvalue weighted by Gasteiger charge is 2.24. The molecule has 3 rings (SSSR count). The summed E-state index contributed by atoms with van der Waals surface area (Å²) >= 11 is 0. The average molecular weight is 411 g/mol. The van der Waals surface area contributed by atoms with Gasteiger partial charge in [0.1, 0.15) is 0 Å². The van der Waals surface area contributed by atoms with Gasteiger partial charge in [-0.05, 0) is 42.3 Å². The average Bonchev–Trinajstić information content (AvgIpc) is 2.75. The number of carbonyl (C=O) groups excluding carboxylic acids is 2. The number of anilines is 2. The van der Waals surface area contributed by atoms with Crippen molar-refractivity contribution < 1.29 is 14.3 Å². The lowest BCUT2D eigenvalue weighted by molar-refractivity contribution is 0.00673. The quantitative estimate of drug-likeness (QED) is 0.653. The fourth-order valence-electron chi connectivity index (χ4n) is 3.51. The zero-order valence-corrected chi connectivity index (χ0v) is 17.6. The van der Waals surface area contributed by atoms with E-state index in [4.69, 9.17) is 4.74 Å². The SMILES string of the molecule is CC(C)C(CNC(=O)c1ccc(NC(=O)Nc2ccccc2)cc1)N1CCOCC1. The van der Waals surface area contributed by atoms with E-state index < -0.39 is 0 Å². The summed E-state index contributed by atoms with van der Waals surface area (Å²) in [6, 6.07) is 16.0. The van der Waals surface area contributed by atoms with E-state index in [0.717, 1.165) is 26.3 Å². The number of para-hydroxylation sites is 1. The van der Waals surface area contributed by atoms with Crippen molar-refractivity contribution >= 4 is 23.3 Å². The van der Waals surface area contributed by atoms with Crippen LogP contribution in [0.5, 0.6) is 0 Å². The van der Waals surface area contributed by atoms with Crippen molar-refractivity contribution in [1.82, 2.24) is 10.2 Å². The lowest BCUT2D eigenvalue weighted by atomic mass is 10.0. The minimum atomic E-state index is -0.330. The van der Waals surface area contributed by atoms with Gasteiger partial charge in [-0.25, -0.2) is 4.79 Å². The first kappa shape index (κ1) is 21.8. The number of benzene rings is 2. The second kappa shape index (κ2) is 10.8. The third-order valence-electron chi connectivity index (χ3n) is 5.19. The molecule has 1 aliphatic rings. The van der Waals surface area contributed by atoms with Crippen molar-refractivity contribution in [3.05, 3.63) is 60.2 Å². The van der Waals surface area contributed by atoms with Gasteiger partial charge in [-0.3, -0.25) is 9.69 Å². The summed E-state index contributed by atoms with van der Waals surface area (Å²) in [4.78, 5) is 27.0. The molecule has 1 saturated heterocycles. The molecule has 7 heteroatoms. The molecule has 0 spiro atoms. The Labute approximate surface area is 177 Å². The molecular weight excluding hydrogens is 380 g/mol. The van der Waals surface area contributed by atoms with E-state index in [9.17, 15) is 9.59 Å². The number of hydrogen-bond donors (Lipinski definition) is 3. The lowest BCUT2D eigenvalue weighted by Crippen LogP contribution is -2.51. The molecule has 1 fully saturated rings. The van der Waals surface area contributed by atoms with Gasteiger partial charge in [0, 0.05) is 42.6 Å². The van der Waals surface area contributed by atoms with Crippen molar-refractivity contribution in [1.29, 1.82) is 0 Å². The summed E-state index contributed by atoms with van der Waals surface area (Å²) in [5.41, 5.74) is 1.90. The van der Waals surface area contributed by atoms with Crippen LogP contribution in [-0.4, -0.2) is 55.7 Å². The summed E-state index contributed by atoms with van der Waals surface area (Å²) in [7, 11) is 0. The number of amides is 3. The van der Waals surface area contributed by atoms with Crippen molar-refractivity contribution in [2.75, 3.05) is 43.5 Å². The number of urea groups is 1. The Hall–Kier alpha value is -2.90. The van der Waals surface area contributed by atoms with Crippen LogP contribution in [0.2, 0.25) is 0 Å². The molecule has 2 aromatic carbocycles. The van der Waals surface area contributed by atoms with Gasteiger partial charge < -0.3 is 20.7 Å².